The Balaban J connectivity index is 1.70. The number of carbonyl (C=O) groups is 1. The SMILES string of the molecule is CC(C)[Si](C#Cc1ccc(-c2cccc(C#N)c2N2CCC(c3nncn3C)CC2)cc1C=O)(C(C)C)C(C)C. The van der Waals surface area contributed by atoms with Gasteiger partial charge < -0.3 is 9.47 Å². The number of aldehydes is 1. The van der Waals surface area contributed by atoms with E-state index in [1.807, 2.05) is 41.9 Å². The summed E-state index contributed by atoms with van der Waals surface area (Å²) < 4.78 is 2.00. The fourth-order valence-corrected chi connectivity index (χ4v) is 12.0. The van der Waals surface area contributed by atoms with Crippen molar-refractivity contribution in [2.45, 2.75) is 76.9 Å². The second-order valence-corrected chi connectivity index (χ2v) is 17.5. The molecule has 2 aromatic carbocycles. The summed E-state index contributed by atoms with van der Waals surface area (Å²) in [4.78, 5) is 14.6. The second kappa shape index (κ2) is 12.2. The third kappa shape index (κ3) is 5.49. The number of piperidine rings is 1. The van der Waals surface area contributed by atoms with Gasteiger partial charge in [0.1, 0.15) is 26.3 Å². The maximum absolute atomic E-state index is 12.3. The van der Waals surface area contributed by atoms with E-state index in [0.29, 0.717) is 33.7 Å². The molecule has 0 radical (unpaired) electrons. The van der Waals surface area contributed by atoms with E-state index in [1.165, 1.54) is 0 Å². The molecule has 1 aliphatic heterocycles. The van der Waals surface area contributed by atoms with Crippen LogP contribution in [0.5, 0.6) is 0 Å². The zero-order valence-electron chi connectivity index (χ0n) is 24.9. The Morgan fingerprint density at radius 1 is 1.00 bits per heavy atom. The summed E-state index contributed by atoms with van der Waals surface area (Å²) in [6.45, 7) is 15.4. The van der Waals surface area contributed by atoms with Crippen LogP contribution in [0.1, 0.15) is 87.6 Å². The van der Waals surface area contributed by atoms with Gasteiger partial charge in [-0.25, -0.2) is 0 Å². The van der Waals surface area contributed by atoms with E-state index < -0.39 is 8.07 Å². The lowest BCUT2D eigenvalue weighted by Gasteiger charge is -2.38. The lowest BCUT2D eigenvalue weighted by atomic mass is 9.92. The van der Waals surface area contributed by atoms with Gasteiger partial charge in [0.15, 0.2) is 6.29 Å². The normalized spacial score (nSPS) is 14.4. The van der Waals surface area contributed by atoms with E-state index in [9.17, 15) is 10.1 Å². The van der Waals surface area contributed by atoms with Crippen molar-refractivity contribution >= 4 is 20.0 Å². The Morgan fingerprint density at radius 2 is 1.68 bits per heavy atom. The molecule has 0 atom stereocenters. The Bertz CT molecular complexity index is 1440. The van der Waals surface area contributed by atoms with Crippen molar-refractivity contribution in [1.82, 2.24) is 14.8 Å². The summed E-state index contributed by atoms with van der Waals surface area (Å²) in [5.74, 6) is 4.82. The quantitative estimate of drug-likeness (QED) is 0.178. The topological polar surface area (TPSA) is 74.8 Å². The van der Waals surface area contributed by atoms with Crippen LogP contribution in [0.3, 0.4) is 0 Å². The van der Waals surface area contributed by atoms with E-state index in [1.54, 1.807) is 6.33 Å². The van der Waals surface area contributed by atoms with Gasteiger partial charge in [0.2, 0.25) is 0 Å². The lowest BCUT2D eigenvalue weighted by molar-refractivity contribution is 0.112. The van der Waals surface area contributed by atoms with Crippen LogP contribution in [0.4, 0.5) is 5.69 Å². The maximum Gasteiger partial charge on any atom is 0.151 e. The highest BCUT2D eigenvalue weighted by Gasteiger charge is 2.41. The van der Waals surface area contributed by atoms with Crippen molar-refractivity contribution in [3.05, 3.63) is 65.2 Å². The molecular weight excluding hydrogens is 510 g/mol. The Hall–Kier alpha value is -3.68. The molecular formula is C33H41N5OSi. The Labute approximate surface area is 240 Å². The fourth-order valence-electron chi connectivity index (χ4n) is 6.78. The molecule has 0 saturated carbocycles. The molecule has 4 rings (SSSR count). The van der Waals surface area contributed by atoms with Gasteiger partial charge in [0.25, 0.3) is 0 Å². The number of nitriles is 1. The van der Waals surface area contributed by atoms with Gasteiger partial charge in [-0.15, -0.1) is 15.7 Å². The standard InChI is InChI=1S/C33H41N5OSi/c1-23(2)40(24(3)4,25(5)6)18-15-26-11-12-28(19-30(26)21-39)31-10-8-9-29(20-34)32(31)38-16-13-27(14-17-38)33-36-35-22-37(33)7/h8-12,19,21-25,27H,13-14,16-17H2,1-7H3. The van der Waals surface area contributed by atoms with E-state index >= 15 is 0 Å². The smallest absolute Gasteiger partial charge is 0.151 e. The van der Waals surface area contributed by atoms with Crippen molar-refractivity contribution in [1.29, 1.82) is 5.26 Å². The van der Waals surface area contributed by atoms with Gasteiger partial charge >= 0.3 is 0 Å². The molecule has 2 heterocycles. The monoisotopic (exact) mass is 551 g/mol. The molecule has 0 N–H and O–H groups in total. The van der Waals surface area contributed by atoms with E-state index in [-0.39, 0.29) is 0 Å². The first-order chi connectivity index (χ1) is 19.1. The van der Waals surface area contributed by atoms with Crippen molar-refractivity contribution < 1.29 is 4.79 Å². The van der Waals surface area contributed by atoms with Crippen LogP contribution in [0.2, 0.25) is 16.6 Å². The third-order valence-electron chi connectivity index (χ3n) is 8.85. The maximum atomic E-state index is 12.3. The predicted octanol–water partition coefficient (Wildman–Crippen LogP) is 7.12. The molecule has 1 fully saturated rings. The number of para-hydroxylation sites is 1. The van der Waals surface area contributed by atoms with Crippen molar-refractivity contribution in [3.8, 4) is 28.7 Å². The summed E-state index contributed by atoms with van der Waals surface area (Å²) in [5, 5.41) is 18.4. The molecule has 0 amide bonds. The molecule has 1 saturated heterocycles. The molecule has 1 aromatic heterocycles. The molecule has 40 heavy (non-hydrogen) atoms. The summed E-state index contributed by atoms with van der Waals surface area (Å²) in [6.07, 6.45) is 4.54. The minimum atomic E-state index is -1.93. The van der Waals surface area contributed by atoms with Crippen LogP contribution >= 0.6 is 0 Å². The number of aromatic nitrogens is 3. The minimum absolute atomic E-state index is 0.346. The number of hydrogen-bond acceptors (Lipinski definition) is 5. The Kier molecular flexibility index (Phi) is 8.96. The number of nitrogens with zero attached hydrogens (tertiary/aromatic N) is 5. The first-order valence-electron chi connectivity index (χ1n) is 14.4. The van der Waals surface area contributed by atoms with Gasteiger partial charge in [-0.3, -0.25) is 4.79 Å². The number of carbonyl (C=O) groups excluding carboxylic acids is 1. The number of benzene rings is 2. The van der Waals surface area contributed by atoms with Crippen LogP contribution in [0.25, 0.3) is 11.1 Å². The molecule has 0 spiro atoms. The van der Waals surface area contributed by atoms with Crippen LogP contribution in [-0.2, 0) is 7.05 Å². The summed E-state index contributed by atoms with van der Waals surface area (Å²) in [6, 6.07) is 14.2. The van der Waals surface area contributed by atoms with Gasteiger partial charge in [-0.05, 0) is 53.2 Å². The fraction of sp³-hybridized carbons (Fsp3) is 0.455. The van der Waals surface area contributed by atoms with Crippen LogP contribution in [-0.4, -0.2) is 42.2 Å². The van der Waals surface area contributed by atoms with Crippen molar-refractivity contribution in [3.63, 3.8) is 0 Å². The van der Waals surface area contributed by atoms with Crippen molar-refractivity contribution in [2.24, 2.45) is 7.05 Å². The number of hydrogen-bond donors (Lipinski definition) is 0. The highest BCUT2D eigenvalue weighted by Crippen LogP contribution is 2.41. The summed E-state index contributed by atoms with van der Waals surface area (Å²) in [5.41, 5.74) is 10.2. The van der Waals surface area contributed by atoms with Gasteiger partial charge in [0.05, 0.1) is 11.3 Å². The minimum Gasteiger partial charge on any atom is -0.370 e. The van der Waals surface area contributed by atoms with Crippen LogP contribution in [0.15, 0.2) is 42.7 Å². The highest BCUT2D eigenvalue weighted by atomic mass is 28.3. The molecule has 0 bridgehead atoms. The zero-order valence-corrected chi connectivity index (χ0v) is 25.9. The van der Waals surface area contributed by atoms with Gasteiger partial charge in [-0.2, -0.15) is 5.26 Å². The third-order valence-corrected chi connectivity index (χ3v) is 15.1. The zero-order chi connectivity index (χ0) is 29.0. The van der Waals surface area contributed by atoms with Crippen LogP contribution in [0, 0.1) is 22.8 Å². The van der Waals surface area contributed by atoms with Gasteiger partial charge in [-0.1, -0.05) is 65.7 Å². The molecule has 3 aromatic rings. The van der Waals surface area contributed by atoms with Crippen molar-refractivity contribution in [2.75, 3.05) is 18.0 Å². The summed E-state index contributed by atoms with van der Waals surface area (Å²) >= 11 is 0. The largest absolute Gasteiger partial charge is 0.370 e. The van der Waals surface area contributed by atoms with Gasteiger partial charge in [0, 0.05) is 42.7 Å². The first kappa shape index (κ1) is 29.3. The molecule has 0 aliphatic carbocycles. The van der Waals surface area contributed by atoms with Crippen LogP contribution < -0.4 is 4.90 Å². The average molecular weight is 552 g/mol. The molecule has 0 unspecified atom stereocenters. The average Bonchev–Trinajstić information content (AvgIpc) is 3.38. The number of aryl methyl sites for hydroxylation is 1. The van der Waals surface area contributed by atoms with E-state index in [2.05, 4.69) is 80.2 Å². The second-order valence-electron chi connectivity index (χ2n) is 11.9. The molecule has 1 aliphatic rings. The first-order valence-corrected chi connectivity index (χ1v) is 16.6. The molecule has 7 heteroatoms. The number of rotatable bonds is 7. The predicted molar refractivity (Wildman–Crippen MR) is 165 cm³/mol. The van der Waals surface area contributed by atoms with E-state index in [4.69, 9.17) is 0 Å². The number of anilines is 1. The molecule has 208 valence electrons. The lowest BCUT2D eigenvalue weighted by Crippen LogP contribution is -2.43. The Morgan fingerprint density at radius 3 is 2.23 bits per heavy atom. The van der Waals surface area contributed by atoms with E-state index in [0.717, 1.165) is 60.4 Å². The summed E-state index contributed by atoms with van der Waals surface area (Å²) in [7, 11) is 0.0597. The highest BCUT2D eigenvalue weighted by molar-refractivity contribution is 6.90. The molecule has 6 nitrogen and oxygen atoms in total.